The van der Waals surface area contributed by atoms with Crippen LogP contribution in [0.25, 0.3) is 54.6 Å². The van der Waals surface area contributed by atoms with E-state index in [2.05, 4.69) is 102 Å². The molecule has 8 rings (SSSR count). The van der Waals surface area contributed by atoms with E-state index in [9.17, 15) is 0 Å². The van der Waals surface area contributed by atoms with E-state index in [1.165, 1.54) is 5.39 Å². The van der Waals surface area contributed by atoms with Crippen molar-refractivity contribution >= 4 is 71.7 Å². The monoisotopic (exact) mass is 475 g/mol. The van der Waals surface area contributed by atoms with Gasteiger partial charge in [0.2, 0.25) is 0 Å². The molecule has 0 fully saturated rings. The highest BCUT2D eigenvalue weighted by atomic mass is 16.3. The SMILES string of the molecule is c1ccc(N(c2ccc3cc4c(cc3c2)oc2ccccc24)c2ccc3oc4ccccc4c3c2)cc1. The summed E-state index contributed by atoms with van der Waals surface area (Å²) in [4.78, 5) is 2.30. The molecule has 0 N–H and O–H groups in total. The lowest BCUT2D eigenvalue weighted by atomic mass is 10.0. The molecule has 0 aliphatic heterocycles. The molecule has 2 aromatic heterocycles. The highest BCUT2D eigenvalue weighted by Gasteiger charge is 2.16. The van der Waals surface area contributed by atoms with Crippen LogP contribution in [0.3, 0.4) is 0 Å². The third-order valence-corrected chi connectivity index (χ3v) is 7.21. The zero-order valence-corrected chi connectivity index (χ0v) is 19.9. The Morgan fingerprint density at radius 1 is 0.351 bits per heavy atom. The van der Waals surface area contributed by atoms with Crippen molar-refractivity contribution in [1.29, 1.82) is 0 Å². The van der Waals surface area contributed by atoms with Crippen molar-refractivity contribution in [1.82, 2.24) is 0 Å². The molecule has 3 heteroatoms. The number of benzene rings is 6. The van der Waals surface area contributed by atoms with Crippen LogP contribution in [0.15, 0.2) is 136 Å². The number of hydrogen-bond donors (Lipinski definition) is 0. The van der Waals surface area contributed by atoms with Crippen LogP contribution >= 0.6 is 0 Å². The standard InChI is InChI=1S/C34H21NO2/c1-2-8-24(9-3-1)35(26-16-17-33-30(21-26)28-11-5-6-12-31(28)36-33)25-15-14-22-19-29-27-10-4-7-13-32(27)37-34(29)20-23(22)18-25/h1-21H. The summed E-state index contributed by atoms with van der Waals surface area (Å²) >= 11 is 0. The first-order chi connectivity index (χ1) is 18.3. The van der Waals surface area contributed by atoms with E-state index in [4.69, 9.17) is 8.83 Å². The molecule has 6 aromatic carbocycles. The van der Waals surface area contributed by atoms with Gasteiger partial charge in [0.05, 0.1) is 0 Å². The number of para-hydroxylation sites is 3. The van der Waals surface area contributed by atoms with Gasteiger partial charge in [-0.25, -0.2) is 0 Å². The van der Waals surface area contributed by atoms with Crippen LogP contribution in [-0.4, -0.2) is 0 Å². The molecule has 8 aromatic rings. The lowest BCUT2D eigenvalue weighted by Gasteiger charge is -2.26. The second-order valence-electron chi connectivity index (χ2n) is 9.43. The van der Waals surface area contributed by atoms with Crippen LogP contribution in [0.1, 0.15) is 0 Å². The van der Waals surface area contributed by atoms with Crippen LogP contribution in [0.5, 0.6) is 0 Å². The first-order valence-corrected chi connectivity index (χ1v) is 12.4. The predicted molar refractivity (Wildman–Crippen MR) is 153 cm³/mol. The topological polar surface area (TPSA) is 29.5 Å². The quantitative estimate of drug-likeness (QED) is 0.255. The fraction of sp³-hybridized carbons (Fsp3) is 0. The van der Waals surface area contributed by atoms with Gasteiger partial charge in [-0.05, 0) is 77.5 Å². The summed E-state index contributed by atoms with van der Waals surface area (Å²) in [5.74, 6) is 0. The molecular weight excluding hydrogens is 454 g/mol. The van der Waals surface area contributed by atoms with E-state index in [0.29, 0.717) is 0 Å². The molecule has 174 valence electrons. The van der Waals surface area contributed by atoms with Crippen molar-refractivity contribution in [2.24, 2.45) is 0 Å². The summed E-state index contributed by atoms with van der Waals surface area (Å²) in [6.07, 6.45) is 0. The first kappa shape index (κ1) is 20.2. The molecule has 0 spiro atoms. The molecule has 0 amide bonds. The van der Waals surface area contributed by atoms with Gasteiger partial charge in [-0.15, -0.1) is 0 Å². The van der Waals surface area contributed by atoms with E-state index in [1.54, 1.807) is 0 Å². The van der Waals surface area contributed by atoms with Crippen LogP contribution in [-0.2, 0) is 0 Å². The van der Waals surface area contributed by atoms with E-state index in [-0.39, 0.29) is 0 Å². The molecule has 0 aliphatic rings. The van der Waals surface area contributed by atoms with Crippen molar-refractivity contribution in [2.75, 3.05) is 4.90 Å². The summed E-state index contributed by atoms with van der Waals surface area (Å²) in [7, 11) is 0. The number of rotatable bonds is 3. The highest BCUT2D eigenvalue weighted by molar-refractivity contribution is 6.11. The van der Waals surface area contributed by atoms with Crippen molar-refractivity contribution in [2.45, 2.75) is 0 Å². The second-order valence-corrected chi connectivity index (χ2v) is 9.43. The zero-order chi connectivity index (χ0) is 24.3. The maximum Gasteiger partial charge on any atom is 0.136 e. The van der Waals surface area contributed by atoms with Crippen LogP contribution < -0.4 is 4.90 Å². The number of hydrogen-bond acceptors (Lipinski definition) is 3. The van der Waals surface area contributed by atoms with Gasteiger partial charge in [0, 0.05) is 38.6 Å². The molecule has 0 bridgehead atoms. The first-order valence-electron chi connectivity index (χ1n) is 12.4. The summed E-state index contributed by atoms with van der Waals surface area (Å²) in [5, 5.41) is 6.85. The van der Waals surface area contributed by atoms with Gasteiger partial charge in [0.1, 0.15) is 22.3 Å². The van der Waals surface area contributed by atoms with E-state index >= 15 is 0 Å². The Balaban J connectivity index is 1.34. The third kappa shape index (κ3) is 3.14. The molecule has 0 radical (unpaired) electrons. The zero-order valence-electron chi connectivity index (χ0n) is 19.9. The minimum absolute atomic E-state index is 0.892. The Bertz CT molecular complexity index is 2100. The van der Waals surface area contributed by atoms with Gasteiger partial charge >= 0.3 is 0 Å². The van der Waals surface area contributed by atoms with Gasteiger partial charge in [0.15, 0.2) is 0 Å². The van der Waals surface area contributed by atoms with Gasteiger partial charge in [0.25, 0.3) is 0 Å². The van der Waals surface area contributed by atoms with Crippen LogP contribution in [0, 0.1) is 0 Å². The average molecular weight is 476 g/mol. The highest BCUT2D eigenvalue weighted by Crippen LogP contribution is 2.40. The van der Waals surface area contributed by atoms with Gasteiger partial charge in [-0.3, -0.25) is 0 Å². The lowest BCUT2D eigenvalue weighted by molar-refractivity contribution is 0.668. The van der Waals surface area contributed by atoms with Crippen LogP contribution in [0.2, 0.25) is 0 Å². The van der Waals surface area contributed by atoms with E-state index in [0.717, 1.165) is 66.3 Å². The maximum atomic E-state index is 6.19. The van der Waals surface area contributed by atoms with E-state index in [1.807, 2.05) is 30.3 Å². The predicted octanol–water partition coefficient (Wildman–Crippen LogP) is 10.1. The Hall–Kier alpha value is -5.02. The molecule has 0 saturated carbocycles. The molecule has 0 atom stereocenters. The molecule has 0 saturated heterocycles. The largest absolute Gasteiger partial charge is 0.456 e. The Labute approximate surface area is 212 Å². The van der Waals surface area contributed by atoms with Gasteiger partial charge < -0.3 is 13.7 Å². The minimum Gasteiger partial charge on any atom is -0.456 e. The lowest BCUT2D eigenvalue weighted by Crippen LogP contribution is -2.09. The van der Waals surface area contributed by atoms with Gasteiger partial charge in [-0.1, -0.05) is 60.7 Å². The fourth-order valence-electron chi connectivity index (χ4n) is 5.47. The van der Waals surface area contributed by atoms with E-state index < -0.39 is 0 Å². The Morgan fingerprint density at radius 3 is 1.73 bits per heavy atom. The number of nitrogens with zero attached hydrogens (tertiary/aromatic N) is 1. The molecule has 0 unspecified atom stereocenters. The molecular formula is C34H21NO2. The summed E-state index contributed by atoms with van der Waals surface area (Å²) in [6.45, 7) is 0. The molecule has 2 heterocycles. The minimum atomic E-state index is 0.892. The van der Waals surface area contributed by atoms with Crippen molar-refractivity contribution < 1.29 is 8.83 Å². The smallest absolute Gasteiger partial charge is 0.136 e. The van der Waals surface area contributed by atoms with Gasteiger partial charge in [-0.2, -0.15) is 0 Å². The number of anilines is 3. The molecule has 37 heavy (non-hydrogen) atoms. The Kier molecular flexibility index (Phi) is 4.23. The van der Waals surface area contributed by atoms with Crippen molar-refractivity contribution in [3.05, 3.63) is 127 Å². The second kappa shape index (κ2) is 7.74. The van der Waals surface area contributed by atoms with Crippen LogP contribution in [0.4, 0.5) is 17.1 Å². The fourth-order valence-corrected chi connectivity index (χ4v) is 5.47. The Morgan fingerprint density at radius 2 is 0.946 bits per heavy atom. The molecule has 0 aliphatic carbocycles. The number of furan rings is 2. The third-order valence-electron chi connectivity index (χ3n) is 7.21. The van der Waals surface area contributed by atoms with Crippen molar-refractivity contribution in [3.63, 3.8) is 0 Å². The normalized spacial score (nSPS) is 11.8. The average Bonchev–Trinajstić information content (AvgIpc) is 3.50. The summed E-state index contributed by atoms with van der Waals surface area (Å²) < 4.78 is 12.3. The van der Waals surface area contributed by atoms with Crippen molar-refractivity contribution in [3.8, 4) is 0 Å². The summed E-state index contributed by atoms with van der Waals surface area (Å²) in [5.41, 5.74) is 6.88. The maximum absolute atomic E-state index is 6.19. The molecule has 3 nitrogen and oxygen atoms in total. The summed E-state index contributed by atoms with van der Waals surface area (Å²) in [6, 6.07) is 44.4. The number of fused-ring (bicyclic) bond motifs is 7.